The number of amides is 1. The average Bonchev–Trinajstić information content (AvgIpc) is 3.05. The van der Waals surface area contributed by atoms with Crippen LogP contribution in [0.1, 0.15) is 20.3 Å². The zero-order valence-corrected chi connectivity index (χ0v) is 11.6. The van der Waals surface area contributed by atoms with Gasteiger partial charge in [-0.1, -0.05) is 18.7 Å². The number of hydrogen-bond acceptors (Lipinski definition) is 6. The van der Waals surface area contributed by atoms with E-state index >= 15 is 0 Å². The number of hydrogen-bond donors (Lipinski definition) is 1. The molecular weight excluding hydrogens is 266 g/mol. The Morgan fingerprint density at radius 2 is 2.37 bits per heavy atom. The van der Waals surface area contributed by atoms with E-state index in [1.807, 2.05) is 6.92 Å². The molecule has 1 N–H and O–H groups in total. The molecule has 6 nitrogen and oxygen atoms in total. The van der Waals surface area contributed by atoms with E-state index in [9.17, 15) is 4.79 Å². The van der Waals surface area contributed by atoms with Crippen molar-refractivity contribution in [1.82, 2.24) is 15.5 Å². The van der Waals surface area contributed by atoms with Crippen LogP contribution in [-0.2, 0) is 4.79 Å². The molecule has 0 aliphatic heterocycles. The topological polar surface area (TPSA) is 81.2 Å². The summed E-state index contributed by atoms with van der Waals surface area (Å²) in [5.41, 5.74) is 0. The summed E-state index contributed by atoms with van der Waals surface area (Å²) in [4.78, 5) is 11.7. The van der Waals surface area contributed by atoms with Crippen molar-refractivity contribution in [1.29, 1.82) is 0 Å². The van der Waals surface area contributed by atoms with E-state index in [4.69, 9.17) is 8.83 Å². The quantitative estimate of drug-likeness (QED) is 0.818. The van der Waals surface area contributed by atoms with Crippen LogP contribution in [0.4, 0.5) is 0 Å². The lowest BCUT2D eigenvalue weighted by Gasteiger charge is -2.08. The minimum Gasteiger partial charge on any atom is -0.459 e. The van der Waals surface area contributed by atoms with Crippen LogP contribution >= 0.6 is 11.8 Å². The molecule has 0 spiro atoms. The minimum absolute atomic E-state index is 0.0374. The fraction of sp³-hybridized carbons (Fsp3) is 0.417. The third-order valence-corrected chi connectivity index (χ3v) is 3.27. The number of nitrogens with one attached hydrogen (secondary N) is 1. The molecule has 0 aliphatic carbocycles. The molecule has 1 amide bonds. The number of carbonyl (C=O) groups is 1. The van der Waals surface area contributed by atoms with Gasteiger partial charge in [-0.25, -0.2) is 0 Å². The molecule has 7 heteroatoms. The molecule has 2 rings (SSSR count). The van der Waals surface area contributed by atoms with Gasteiger partial charge in [0.2, 0.25) is 5.91 Å². The van der Waals surface area contributed by atoms with Crippen molar-refractivity contribution in [2.75, 3.05) is 6.54 Å². The summed E-state index contributed by atoms with van der Waals surface area (Å²) in [6.45, 7) is 4.48. The largest absolute Gasteiger partial charge is 0.459 e. The first-order chi connectivity index (χ1) is 9.20. The Hall–Kier alpha value is -1.76. The van der Waals surface area contributed by atoms with Crippen molar-refractivity contribution in [3.05, 3.63) is 18.4 Å². The SMILES string of the molecule is CCCNC(=O)C(C)Sc1nnc(-c2ccco2)o1. The molecular formula is C12H15N3O3S. The lowest BCUT2D eigenvalue weighted by molar-refractivity contribution is -0.120. The lowest BCUT2D eigenvalue weighted by Crippen LogP contribution is -2.31. The Balaban J connectivity index is 1.94. The summed E-state index contributed by atoms with van der Waals surface area (Å²) < 4.78 is 10.6. The Kier molecular flexibility index (Phi) is 4.62. The summed E-state index contributed by atoms with van der Waals surface area (Å²) in [6, 6.07) is 3.48. The number of rotatable bonds is 6. The second-order valence-corrected chi connectivity index (χ2v) is 5.19. The van der Waals surface area contributed by atoms with Gasteiger partial charge in [0.25, 0.3) is 11.1 Å². The number of nitrogens with zero attached hydrogens (tertiary/aromatic N) is 2. The molecule has 2 heterocycles. The number of thioether (sulfide) groups is 1. The monoisotopic (exact) mass is 281 g/mol. The third kappa shape index (κ3) is 3.60. The first-order valence-electron chi connectivity index (χ1n) is 6.02. The van der Waals surface area contributed by atoms with E-state index in [0.29, 0.717) is 23.4 Å². The maximum Gasteiger partial charge on any atom is 0.284 e. The van der Waals surface area contributed by atoms with Gasteiger partial charge in [-0.05, 0) is 25.5 Å². The van der Waals surface area contributed by atoms with E-state index < -0.39 is 0 Å². The molecule has 0 aliphatic rings. The van der Waals surface area contributed by atoms with Crippen LogP contribution < -0.4 is 5.32 Å². The van der Waals surface area contributed by atoms with Gasteiger partial charge in [-0.15, -0.1) is 10.2 Å². The second-order valence-electron chi connectivity index (χ2n) is 3.90. The van der Waals surface area contributed by atoms with E-state index in [-0.39, 0.29) is 11.2 Å². The van der Waals surface area contributed by atoms with Gasteiger partial charge in [-0.2, -0.15) is 0 Å². The summed E-state index contributed by atoms with van der Waals surface area (Å²) in [6.07, 6.45) is 2.44. The van der Waals surface area contributed by atoms with E-state index in [1.54, 1.807) is 19.1 Å². The van der Waals surface area contributed by atoms with Gasteiger partial charge >= 0.3 is 0 Å². The Morgan fingerprint density at radius 3 is 3.05 bits per heavy atom. The summed E-state index contributed by atoms with van der Waals surface area (Å²) in [5.74, 6) is 0.792. The molecule has 0 aromatic carbocycles. The van der Waals surface area contributed by atoms with Crippen LogP contribution in [0.15, 0.2) is 32.5 Å². The van der Waals surface area contributed by atoms with Crippen LogP contribution in [0.3, 0.4) is 0 Å². The van der Waals surface area contributed by atoms with Crippen LogP contribution in [0.2, 0.25) is 0 Å². The molecule has 0 fully saturated rings. The maximum atomic E-state index is 11.7. The molecule has 19 heavy (non-hydrogen) atoms. The van der Waals surface area contributed by atoms with Crippen molar-refractivity contribution < 1.29 is 13.6 Å². The first-order valence-corrected chi connectivity index (χ1v) is 6.90. The highest BCUT2D eigenvalue weighted by molar-refractivity contribution is 8.00. The summed E-state index contributed by atoms with van der Waals surface area (Å²) >= 11 is 1.23. The molecule has 1 atom stereocenters. The highest BCUT2D eigenvalue weighted by atomic mass is 32.2. The van der Waals surface area contributed by atoms with Crippen molar-refractivity contribution >= 4 is 17.7 Å². The fourth-order valence-corrected chi connectivity index (χ4v) is 2.06. The molecule has 1 unspecified atom stereocenters. The smallest absolute Gasteiger partial charge is 0.284 e. The second kappa shape index (κ2) is 6.42. The van der Waals surface area contributed by atoms with Crippen molar-refractivity contribution in [2.45, 2.75) is 30.7 Å². The zero-order chi connectivity index (χ0) is 13.7. The van der Waals surface area contributed by atoms with E-state index in [0.717, 1.165) is 6.42 Å². The predicted octanol–water partition coefficient (Wildman–Crippen LogP) is 2.34. The molecule has 0 bridgehead atoms. The lowest BCUT2D eigenvalue weighted by atomic mass is 10.4. The van der Waals surface area contributed by atoms with Crippen LogP contribution in [0, 0.1) is 0 Å². The number of carbonyl (C=O) groups excluding carboxylic acids is 1. The average molecular weight is 281 g/mol. The first kappa shape index (κ1) is 13.7. The Labute approximate surface area is 115 Å². The van der Waals surface area contributed by atoms with Crippen molar-refractivity contribution in [2.24, 2.45) is 0 Å². The molecule has 0 radical (unpaired) electrons. The fourth-order valence-electron chi connectivity index (χ4n) is 1.35. The Morgan fingerprint density at radius 1 is 1.53 bits per heavy atom. The van der Waals surface area contributed by atoms with Crippen LogP contribution in [-0.4, -0.2) is 27.9 Å². The molecule has 0 saturated carbocycles. The zero-order valence-electron chi connectivity index (χ0n) is 10.8. The van der Waals surface area contributed by atoms with Gasteiger partial charge < -0.3 is 14.2 Å². The van der Waals surface area contributed by atoms with Gasteiger partial charge in [0, 0.05) is 6.54 Å². The summed E-state index contributed by atoms with van der Waals surface area (Å²) in [5, 5.41) is 10.6. The summed E-state index contributed by atoms with van der Waals surface area (Å²) in [7, 11) is 0. The predicted molar refractivity (Wildman–Crippen MR) is 70.6 cm³/mol. The standard InChI is InChI=1S/C12H15N3O3S/c1-3-6-13-10(16)8(2)19-12-15-14-11(18-12)9-5-4-7-17-9/h4-5,7-8H,3,6H2,1-2H3,(H,13,16). The van der Waals surface area contributed by atoms with E-state index in [1.165, 1.54) is 18.0 Å². The van der Waals surface area contributed by atoms with Crippen LogP contribution in [0.25, 0.3) is 11.7 Å². The normalized spacial score (nSPS) is 12.3. The molecule has 0 saturated heterocycles. The maximum absolute atomic E-state index is 11.7. The number of aromatic nitrogens is 2. The molecule has 102 valence electrons. The van der Waals surface area contributed by atoms with E-state index in [2.05, 4.69) is 15.5 Å². The minimum atomic E-state index is -0.281. The third-order valence-electron chi connectivity index (χ3n) is 2.33. The van der Waals surface area contributed by atoms with Crippen molar-refractivity contribution in [3.8, 4) is 11.7 Å². The van der Waals surface area contributed by atoms with Crippen molar-refractivity contribution in [3.63, 3.8) is 0 Å². The van der Waals surface area contributed by atoms with Gasteiger partial charge in [0.15, 0.2) is 5.76 Å². The van der Waals surface area contributed by atoms with Gasteiger partial charge in [-0.3, -0.25) is 4.79 Å². The highest BCUT2D eigenvalue weighted by Gasteiger charge is 2.18. The Bertz CT molecular complexity index is 524. The highest BCUT2D eigenvalue weighted by Crippen LogP contribution is 2.26. The molecule has 2 aromatic rings. The van der Waals surface area contributed by atoms with Crippen LogP contribution in [0.5, 0.6) is 0 Å². The van der Waals surface area contributed by atoms with Gasteiger partial charge in [0.05, 0.1) is 11.5 Å². The van der Waals surface area contributed by atoms with Gasteiger partial charge in [0.1, 0.15) is 0 Å². The molecule has 2 aromatic heterocycles. The number of furan rings is 1.